The molecule has 0 aliphatic rings. The molecule has 1 rings (SSSR count). The summed E-state index contributed by atoms with van der Waals surface area (Å²) >= 11 is 0. The maximum Gasteiger partial charge on any atom is 0.305 e. The zero-order chi connectivity index (χ0) is 15.8. The predicted octanol–water partition coefficient (Wildman–Crippen LogP) is 1.17. The van der Waals surface area contributed by atoms with Gasteiger partial charge in [0, 0.05) is 25.9 Å². The highest BCUT2D eigenvalue weighted by Gasteiger charge is 2.20. The van der Waals surface area contributed by atoms with Crippen LogP contribution in [-0.2, 0) is 14.3 Å². The van der Waals surface area contributed by atoms with Gasteiger partial charge in [-0.25, -0.2) is 0 Å². The van der Waals surface area contributed by atoms with E-state index in [-0.39, 0.29) is 37.9 Å². The van der Waals surface area contributed by atoms with Crippen LogP contribution in [0.4, 0.5) is 5.69 Å². The number of hydrogen-bond donors (Lipinski definition) is 2. The standard InChI is InChI=1S/C15H22N2O4/c1-11-3-5-12(6-4-11)17(8-7-15(19)20)14(18)9-13(10-16)21-2/h3-6,13H,7-10,16H2,1-2H3,(H,19,20). The quantitative estimate of drug-likeness (QED) is 0.750. The number of ether oxygens (including phenoxy) is 1. The molecule has 0 saturated carbocycles. The molecule has 116 valence electrons. The summed E-state index contributed by atoms with van der Waals surface area (Å²) < 4.78 is 5.11. The number of amides is 1. The minimum Gasteiger partial charge on any atom is -0.481 e. The van der Waals surface area contributed by atoms with Crippen LogP contribution in [0.5, 0.6) is 0 Å². The second kappa shape index (κ2) is 8.39. The van der Waals surface area contributed by atoms with E-state index in [0.29, 0.717) is 5.69 Å². The van der Waals surface area contributed by atoms with Crippen molar-refractivity contribution in [3.63, 3.8) is 0 Å². The molecule has 0 bridgehead atoms. The van der Waals surface area contributed by atoms with E-state index in [4.69, 9.17) is 15.6 Å². The van der Waals surface area contributed by atoms with Crippen molar-refractivity contribution < 1.29 is 19.4 Å². The van der Waals surface area contributed by atoms with Gasteiger partial charge in [-0.2, -0.15) is 0 Å². The molecule has 0 radical (unpaired) electrons. The highest BCUT2D eigenvalue weighted by Crippen LogP contribution is 2.17. The SMILES string of the molecule is COC(CN)CC(=O)N(CCC(=O)O)c1ccc(C)cc1. The number of rotatable bonds is 8. The number of nitrogens with zero attached hydrogens (tertiary/aromatic N) is 1. The van der Waals surface area contributed by atoms with E-state index in [1.54, 1.807) is 12.1 Å². The maximum atomic E-state index is 12.4. The second-order valence-electron chi connectivity index (χ2n) is 4.82. The van der Waals surface area contributed by atoms with Gasteiger partial charge in [0.05, 0.1) is 18.9 Å². The van der Waals surface area contributed by atoms with E-state index in [9.17, 15) is 9.59 Å². The van der Waals surface area contributed by atoms with E-state index < -0.39 is 5.97 Å². The van der Waals surface area contributed by atoms with Crippen molar-refractivity contribution in [2.75, 3.05) is 25.1 Å². The second-order valence-corrected chi connectivity index (χ2v) is 4.82. The fourth-order valence-electron chi connectivity index (χ4n) is 1.90. The molecule has 0 spiro atoms. The Kier molecular flexibility index (Phi) is 6.84. The number of carbonyl (C=O) groups is 2. The van der Waals surface area contributed by atoms with E-state index >= 15 is 0 Å². The van der Waals surface area contributed by atoms with Crippen LogP contribution in [-0.4, -0.2) is 43.3 Å². The number of aryl methyl sites for hydroxylation is 1. The smallest absolute Gasteiger partial charge is 0.305 e. The maximum absolute atomic E-state index is 12.4. The van der Waals surface area contributed by atoms with Crippen LogP contribution in [0.2, 0.25) is 0 Å². The Morgan fingerprint density at radius 3 is 2.43 bits per heavy atom. The molecular formula is C15H22N2O4. The molecule has 21 heavy (non-hydrogen) atoms. The first-order valence-electron chi connectivity index (χ1n) is 6.79. The summed E-state index contributed by atoms with van der Waals surface area (Å²) in [6.45, 7) is 2.31. The number of methoxy groups -OCH3 is 1. The first-order valence-corrected chi connectivity index (χ1v) is 6.79. The molecule has 0 heterocycles. The first kappa shape index (κ1) is 17.1. The third-order valence-corrected chi connectivity index (χ3v) is 3.19. The minimum absolute atomic E-state index is 0.111. The van der Waals surface area contributed by atoms with Gasteiger partial charge in [0.15, 0.2) is 0 Å². The zero-order valence-electron chi connectivity index (χ0n) is 12.4. The summed E-state index contributed by atoms with van der Waals surface area (Å²) in [6, 6.07) is 7.37. The van der Waals surface area contributed by atoms with E-state index in [1.165, 1.54) is 12.0 Å². The Hall–Kier alpha value is -1.92. The number of carbonyl (C=O) groups excluding carboxylic acids is 1. The van der Waals surface area contributed by atoms with E-state index in [1.807, 2.05) is 19.1 Å². The third kappa shape index (κ3) is 5.53. The largest absolute Gasteiger partial charge is 0.481 e. The number of carboxylic acid groups (broad SMARTS) is 1. The van der Waals surface area contributed by atoms with Gasteiger partial charge >= 0.3 is 5.97 Å². The Balaban J connectivity index is 2.87. The van der Waals surface area contributed by atoms with Crippen LogP contribution >= 0.6 is 0 Å². The van der Waals surface area contributed by atoms with Crippen molar-refractivity contribution in [1.82, 2.24) is 0 Å². The molecule has 0 aliphatic heterocycles. The highest BCUT2D eigenvalue weighted by molar-refractivity contribution is 5.94. The molecule has 1 aromatic carbocycles. The number of benzene rings is 1. The molecule has 1 atom stereocenters. The van der Waals surface area contributed by atoms with Gasteiger partial charge in [-0.1, -0.05) is 17.7 Å². The predicted molar refractivity (Wildman–Crippen MR) is 80.3 cm³/mol. The molecule has 1 unspecified atom stereocenters. The van der Waals surface area contributed by atoms with Gasteiger partial charge < -0.3 is 20.5 Å². The van der Waals surface area contributed by atoms with Gasteiger partial charge in [0.2, 0.25) is 5.91 Å². The summed E-state index contributed by atoms with van der Waals surface area (Å²) in [6.07, 6.45) is -0.351. The van der Waals surface area contributed by atoms with Gasteiger partial charge in [-0.15, -0.1) is 0 Å². The summed E-state index contributed by atoms with van der Waals surface area (Å²) in [5, 5.41) is 8.83. The van der Waals surface area contributed by atoms with Gasteiger partial charge in [-0.05, 0) is 19.1 Å². The van der Waals surface area contributed by atoms with Crippen molar-refractivity contribution in [1.29, 1.82) is 0 Å². The number of carboxylic acids is 1. The van der Waals surface area contributed by atoms with Gasteiger partial charge in [-0.3, -0.25) is 9.59 Å². The van der Waals surface area contributed by atoms with Crippen LogP contribution in [0.1, 0.15) is 18.4 Å². The van der Waals surface area contributed by atoms with Gasteiger partial charge in [0.1, 0.15) is 0 Å². The van der Waals surface area contributed by atoms with Crippen LogP contribution in [0.3, 0.4) is 0 Å². The van der Waals surface area contributed by atoms with Crippen molar-refractivity contribution in [3.8, 4) is 0 Å². The lowest BCUT2D eigenvalue weighted by Gasteiger charge is -2.24. The van der Waals surface area contributed by atoms with Crippen LogP contribution in [0.15, 0.2) is 24.3 Å². The molecule has 6 heteroatoms. The Labute approximate surface area is 124 Å². The summed E-state index contributed by atoms with van der Waals surface area (Å²) in [7, 11) is 1.50. The number of anilines is 1. The van der Waals surface area contributed by atoms with Crippen molar-refractivity contribution in [2.45, 2.75) is 25.9 Å². The Morgan fingerprint density at radius 1 is 1.33 bits per heavy atom. The number of aliphatic carboxylic acids is 1. The Morgan fingerprint density at radius 2 is 1.95 bits per heavy atom. The van der Waals surface area contributed by atoms with Crippen LogP contribution in [0, 0.1) is 6.92 Å². The molecule has 0 saturated heterocycles. The fraction of sp³-hybridized carbons (Fsp3) is 0.467. The van der Waals surface area contributed by atoms with Crippen LogP contribution in [0.25, 0.3) is 0 Å². The lowest BCUT2D eigenvalue weighted by atomic mass is 10.1. The van der Waals surface area contributed by atoms with Crippen molar-refractivity contribution in [2.24, 2.45) is 5.73 Å². The molecule has 3 N–H and O–H groups in total. The lowest BCUT2D eigenvalue weighted by Crippen LogP contribution is -2.37. The third-order valence-electron chi connectivity index (χ3n) is 3.19. The molecule has 0 aromatic heterocycles. The first-order chi connectivity index (χ1) is 9.97. The minimum atomic E-state index is -0.943. The van der Waals surface area contributed by atoms with Gasteiger partial charge in [0.25, 0.3) is 0 Å². The topological polar surface area (TPSA) is 92.9 Å². The number of nitrogens with two attached hydrogens (primary N) is 1. The number of hydrogen-bond acceptors (Lipinski definition) is 4. The Bertz CT molecular complexity index is 469. The summed E-state index contributed by atoms with van der Waals surface area (Å²) in [5.41, 5.74) is 7.27. The zero-order valence-corrected chi connectivity index (χ0v) is 12.4. The van der Waals surface area contributed by atoms with E-state index in [2.05, 4.69) is 0 Å². The van der Waals surface area contributed by atoms with Crippen molar-refractivity contribution in [3.05, 3.63) is 29.8 Å². The normalized spacial score (nSPS) is 12.0. The molecule has 6 nitrogen and oxygen atoms in total. The molecular weight excluding hydrogens is 272 g/mol. The monoisotopic (exact) mass is 294 g/mol. The molecule has 0 fully saturated rings. The molecule has 1 amide bonds. The van der Waals surface area contributed by atoms with E-state index in [0.717, 1.165) is 5.56 Å². The fourth-order valence-corrected chi connectivity index (χ4v) is 1.90. The molecule has 1 aromatic rings. The van der Waals surface area contributed by atoms with Crippen LogP contribution < -0.4 is 10.6 Å². The average Bonchev–Trinajstić information content (AvgIpc) is 2.46. The van der Waals surface area contributed by atoms with Crippen molar-refractivity contribution >= 4 is 17.6 Å². The average molecular weight is 294 g/mol. The summed E-state index contributed by atoms with van der Waals surface area (Å²) in [5.74, 6) is -1.14. The lowest BCUT2D eigenvalue weighted by molar-refractivity contribution is -0.136. The molecule has 0 aliphatic carbocycles. The highest BCUT2D eigenvalue weighted by atomic mass is 16.5. The summed E-state index contributed by atoms with van der Waals surface area (Å²) in [4.78, 5) is 24.6.